The van der Waals surface area contributed by atoms with Crippen molar-refractivity contribution >= 4 is 18.0 Å². The minimum Gasteiger partial charge on any atom is -0.343 e. The molecule has 6 heteroatoms. The van der Waals surface area contributed by atoms with Crippen molar-refractivity contribution in [3.63, 3.8) is 0 Å². The second-order valence-electron chi connectivity index (χ2n) is 4.84. The van der Waals surface area contributed by atoms with Gasteiger partial charge in [0.15, 0.2) is 0 Å². The minimum absolute atomic E-state index is 0.187. The topological polar surface area (TPSA) is 70.6 Å². The van der Waals surface area contributed by atoms with Gasteiger partial charge in [-0.3, -0.25) is 9.59 Å². The lowest BCUT2D eigenvalue weighted by atomic mass is 10.1. The van der Waals surface area contributed by atoms with Gasteiger partial charge in [0.2, 0.25) is 0 Å². The maximum Gasteiger partial charge on any atom is 0.259 e. The van der Waals surface area contributed by atoms with E-state index in [0.717, 1.165) is 5.56 Å². The van der Waals surface area contributed by atoms with Crippen molar-refractivity contribution in [2.75, 3.05) is 6.54 Å². The maximum absolute atomic E-state index is 12.7. The number of hydrogen-bond donors (Lipinski definition) is 2. The minimum atomic E-state index is -0.453. The van der Waals surface area contributed by atoms with Crippen molar-refractivity contribution in [3.8, 4) is 0 Å². The first-order chi connectivity index (χ1) is 11.1. The van der Waals surface area contributed by atoms with Crippen LogP contribution in [0.3, 0.4) is 0 Å². The van der Waals surface area contributed by atoms with E-state index in [1.54, 1.807) is 12.1 Å². The van der Waals surface area contributed by atoms with Crippen LogP contribution in [0.1, 0.15) is 21.5 Å². The van der Waals surface area contributed by atoms with Crippen LogP contribution in [0.4, 0.5) is 4.39 Å². The van der Waals surface area contributed by atoms with Gasteiger partial charge in [-0.1, -0.05) is 30.3 Å². The highest BCUT2D eigenvalue weighted by molar-refractivity contribution is 5.97. The van der Waals surface area contributed by atoms with Crippen molar-refractivity contribution < 1.29 is 14.0 Å². The van der Waals surface area contributed by atoms with Gasteiger partial charge < -0.3 is 5.32 Å². The Balaban J connectivity index is 1.80. The number of carbonyl (C=O) groups excluding carboxylic acids is 2. The average Bonchev–Trinajstić information content (AvgIpc) is 2.55. The predicted molar refractivity (Wildman–Crippen MR) is 85.6 cm³/mol. The summed E-state index contributed by atoms with van der Waals surface area (Å²) in [6.07, 6.45) is 1.39. The van der Waals surface area contributed by atoms with Gasteiger partial charge in [-0.05, 0) is 36.2 Å². The van der Waals surface area contributed by atoms with Gasteiger partial charge in [0.05, 0.1) is 12.8 Å². The smallest absolute Gasteiger partial charge is 0.259 e. The SMILES string of the molecule is Cc1ccccc1C(=O)NCC(=O)N/N=C\c1ccc(F)cc1. The maximum atomic E-state index is 12.7. The Labute approximate surface area is 133 Å². The molecular formula is C17H16FN3O2. The van der Waals surface area contributed by atoms with Crippen LogP contribution in [0.15, 0.2) is 53.6 Å². The molecule has 0 saturated carbocycles. The molecule has 2 amide bonds. The number of nitrogens with zero attached hydrogens (tertiary/aromatic N) is 1. The summed E-state index contributed by atoms with van der Waals surface area (Å²) in [7, 11) is 0. The number of rotatable bonds is 5. The van der Waals surface area contributed by atoms with Crippen LogP contribution in [0.2, 0.25) is 0 Å². The second-order valence-corrected chi connectivity index (χ2v) is 4.84. The molecule has 2 aromatic carbocycles. The third-order valence-electron chi connectivity index (χ3n) is 3.07. The summed E-state index contributed by atoms with van der Waals surface area (Å²) in [5, 5.41) is 6.26. The highest BCUT2D eigenvalue weighted by atomic mass is 19.1. The van der Waals surface area contributed by atoms with Crippen LogP contribution in [-0.4, -0.2) is 24.6 Å². The van der Waals surface area contributed by atoms with E-state index < -0.39 is 5.91 Å². The predicted octanol–water partition coefficient (Wildman–Crippen LogP) is 2.01. The monoisotopic (exact) mass is 313 g/mol. The Morgan fingerprint density at radius 3 is 2.52 bits per heavy atom. The molecule has 0 unspecified atom stereocenters. The van der Waals surface area contributed by atoms with E-state index in [1.165, 1.54) is 30.5 Å². The molecule has 0 bridgehead atoms. The summed E-state index contributed by atoms with van der Waals surface area (Å²) in [6.45, 7) is 1.63. The molecule has 0 spiro atoms. The number of amides is 2. The van der Waals surface area contributed by atoms with Crippen LogP contribution in [-0.2, 0) is 4.79 Å². The Bertz CT molecular complexity index is 727. The van der Waals surface area contributed by atoms with E-state index in [2.05, 4.69) is 15.8 Å². The van der Waals surface area contributed by atoms with Crippen molar-refractivity contribution in [1.29, 1.82) is 0 Å². The summed E-state index contributed by atoms with van der Waals surface area (Å²) in [5.74, 6) is -1.11. The van der Waals surface area contributed by atoms with E-state index in [-0.39, 0.29) is 18.3 Å². The van der Waals surface area contributed by atoms with E-state index in [4.69, 9.17) is 0 Å². The van der Waals surface area contributed by atoms with Crippen LogP contribution in [0.25, 0.3) is 0 Å². The molecule has 2 aromatic rings. The number of halogens is 1. The summed E-state index contributed by atoms with van der Waals surface area (Å²) in [5.41, 5.74) is 4.29. The van der Waals surface area contributed by atoms with Crippen molar-refractivity contribution in [2.45, 2.75) is 6.92 Å². The first kappa shape index (κ1) is 16.4. The van der Waals surface area contributed by atoms with E-state index in [9.17, 15) is 14.0 Å². The molecule has 0 fully saturated rings. The number of hydrogen-bond acceptors (Lipinski definition) is 3. The molecule has 0 atom stereocenters. The molecule has 0 heterocycles. The zero-order valence-electron chi connectivity index (χ0n) is 12.5. The summed E-state index contributed by atoms with van der Waals surface area (Å²) >= 11 is 0. The molecule has 23 heavy (non-hydrogen) atoms. The number of hydrazone groups is 1. The Morgan fingerprint density at radius 2 is 1.83 bits per heavy atom. The fraction of sp³-hybridized carbons (Fsp3) is 0.118. The standard InChI is InChI=1S/C17H16FN3O2/c1-12-4-2-3-5-15(12)17(23)19-11-16(22)21-20-10-13-6-8-14(18)9-7-13/h2-10H,11H2,1H3,(H,19,23)(H,21,22)/b20-10-. The van der Waals surface area contributed by atoms with Crippen molar-refractivity contribution in [3.05, 3.63) is 71.0 Å². The largest absolute Gasteiger partial charge is 0.343 e. The molecule has 0 aliphatic heterocycles. The highest BCUT2D eigenvalue weighted by Crippen LogP contribution is 2.06. The lowest BCUT2D eigenvalue weighted by molar-refractivity contribution is -0.120. The van der Waals surface area contributed by atoms with E-state index in [1.807, 2.05) is 19.1 Å². The Morgan fingerprint density at radius 1 is 1.13 bits per heavy atom. The van der Waals surface area contributed by atoms with Gasteiger partial charge in [0.1, 0.15) is 5.82 Å². The van der Waals surface area contributed by atoms with Crippen LogP contribution >= 0.6 is 0 Å². The third kappa shape index (κ3) is 5.03. The van der Waals surface area contributed by atoms with Gasteiger partial charge in [0, 0.05) is 5.56 Å². The number of benzene rings is 2. The molecule has 0 aliphatic carbocycles. The van der Waals surface area contributed by atoms with Crippen molar-refractivity contribution in [1.82, 2.24) is 10.7 Å². The number of nitrogens with one attached hydrogen (secondary N) is 2. The Hall–Kier alpha value is -3.02. The van der Waals surface area contributed by atoms with Crippen LogP contribution < -0.4 is 10.7 Å². The zero-order valence-corrected chi connectivity index (χ0v) is 12.5. The summed E-state index contributed by atoms with van der Waals surface area (Å²) in [4.78, 5) is 23.5. The highest BCUT2D eigenvalue weighted by Gasteiger charge is 2.09. The van der Waals surface area contributed by atoms with Crippen LogP contribution in [0, 0.1) is 12.7 Å². The third-order valence-corrected chi connectivity index (χ3v) is 3.07. The molecule has 2 rings (SSSR count). The average molecular weight is 313 g/mol. The fourth-order valence-electron chi connectivity index (χ4n) is 1.85. The molecule has 0 saturated heterocycles. The summed E-state index contributed by atoms with van der Waals surface area (Å²) < 4.78 is 12.7. The zero-order chi connectivity index (χ0) is 16.7. The lowest BCUT2D eigenvalue weighted by Gasteiger charge is -2.06. The molecule has 0 aromatic heterocycles. The molecule has 2 N–H and O–H groups in total. The van der Waals surface area contributed by atoms with Gasteiger partial charge in [-0.25, -0.2) is 9.82 Å². The molecular weight excluding hydrogens is 297 g/mol. The number of aryl methyl sites for hydroxylation is 1. The lowest BCUT2D eigenvalue weighted by Crippen LogP contribution is -2.35. The summed E-state index contributed by atoms with van der Waals surface area (Å²) in [6, 6.07) is 12.8. The first-order valence-corrected chi connectivity index (χ1v) is 6.97. The van der Waals surface area contributed by atoms with Crippen LogP contribution in [0.5, 0.6) is 0 Å². The molecule has 0 radical (unpaired) electrons. The van der Waals surface area contributed by atoms with E-state index >= 15 is 0 Å². The first-order valence-electron chi connectivity index (χ1n) is 6.97. The van der Waals surface area contributed by atoms with Gasteiger partial charge in [-0.2, -0.15) is 5.10 Å². The second kappa shape index (κ2) is 7.84. The molecule has 0 aliphatic rings. The fourth-order valence-corrected chi connectivity index (χ4v) is 1.85. The quantitative estimate of drug-likeness (QED) is 0.655. The normalized spacial score (nSPS) is 10.5. The Kier molecular flexibility index (Phi) is 5.57. The van der Waals surface area contributed by atoms with Crippen molar-refractivity contribution in [2.24, 2.45) is 5.10 Å². The molecule has 118 valence electrons. The number of carbonyl (C=O) groups is 2. The molecule has 5 nitrogen and oxygen atoms in total. The van der Waals surface area contributed by atoms with Gasteiger partial charge in [-0.15, -0.1) is 0 Å². The van der Waals surface area contributed by atoms with E-state index in [0.29, 0.717) is 11.1 Å². The van der Waals surface area contributed by atoms with Gasteiger partial charge >= 0.3 is 0 Å². The van der Waals surface area contributed by atoms with Gasteiger partial charge in [0.25, 0.3) is 11.8 Å².